The Morgan fingerprint density at radius 1 is 1.73 bits per heavy atom. The number of pyridine rings is 1. The fraction of sp³-hybridized carbons (Fsp3) is 0.143. The maximum atomic E-state index is 8.52. The molecule has 4 heteroatoms. The molecule has 1 heterocycles. The second-order valence-corrected chi connectivity index (χ2v) is 2.19. The van der Waals surface area contributed by atoms with E-state index in [0.717, 1.165) is 0 Å². The van der Waals surface area contributed by atoms with Crippen LogP contribution in [0.3, 0.4) is 0 Å². The minimum absolute atomic E-state index is 0.208. The van der Waals surface area contributed by atoms with Crippen LogP contribution in [0.2, 0.25) is 5.02 Å². The highest BCUT2D eigenvalue weighted by atomic mass is 35.5. The van der Waals surface area contributed by atoms with Crippen molar-refractivity contribution < 1.29 is 4.74 Å². The topological polar surface area (TPSA) is 45.9 Å². The molecule has 56 valence electrons. The van der Waals surface area contributed by atoms with E-state index in [9.17, 15) is 0 Å². The molecule has 0 unspecified atom stereocenters. The van der Waals surface area contributed by atoms with E-state index in [2.05, 4.69) is 4.98 Å². The normalized spacial score (nSPS) is 8.82. The van der Waals surface area contributed by atoms with E-state index in [4.69, 9.17) is 21.6 Å². The molecule has 3 nitrogen and oxygen atoms in total. The summed E-state index contributed by atoms with van der Waals surface area (Å²) in [5.41, 5.74) is 0.208. The Hall–Kier alpha value is -1.27. The Morgan fingerprint density at radius 2 is 2.45 bits per heavy atom. The molecule has 0 aromatic carbocycles. The zero-order valence-electron chi connectivity index (χ0n) is 5.84. The van der Waals surface area contributed by atoms with Crippen LogP contribution in [-0.2, 0) is 0 Å². The van der Waals surface area contributed by atoms with Gasteiger partial charge >= 0.3 is 0 Å². The molecule has 0 radical (unpaired) electrons. The third-order valence-corrected chi connectivity index (χ3v) is 1.46. The van der Waals surface area contributed by atoms with Crippen molar-refractivity contribution in [2.45, 2.75) is 0 Å². The number of halogens is 1. The first-order valence-corrected chi connectivity index (χ1v) is 3.26. The molecule has 0 aliphatic carbocycles. The highest BCUT2D eigenvalue weighted by Gasteiger charge is 2.06. The van der Waals surface area contributed by atoms with Gasteiger partial charge in [0.2, 0.25) is 0 Å². The van der Waals surface area contributed by atoms with Crippen molar-refractivity contribution in [3.8, 4) is 11.8 Å². The Kier molecular flexibility index (Phi) is 2.29. The van der Waals surface area contributed by atoms with E-state index in [0.29, 0.717) is 10.8 Å². The molecule has 0 bridgehead atoms. The Bertz CT molecular complexity index is 306. The van der Waals surface area contributed by atoms with Crippen LogP contribution >= 0.6 is 11.6 Å². The number of rotatable bonds is 1. The van der Waals surface area contributed by atoms with Crippen LogP contribution in [0, 0.1) is 11.3 Å². The predicted molar refractivity (Wildman–Crippen MR) is 40.5 cm³/mol. The summed E-state index contributed by atoms with van der Waals surface area (Å²) in [5.74, 6) is 0.330. The minimum atomic E-state index is 0.208. The summed E-state index contributed by atoms with van der Waals surface area (Å²) >= 11 is 5.69. The van der Waals surface area contributed by atoms with E-state index in [1.807, 2.05) is 6.07 Å². The van der Waals surface area contributed by atoms with E-state index < -0.39 is 0 Å². The number of aromatic nitrogens is 1. The zero-order chi connectivity index (χ0) is 8.27. The quantitative estimate of drug-likeness (QED) is 0.640. The van der Waals surface area contributed by atoms with Gasteiger partial charge in [-0.05, 0) is 6.07 Å². The molecule has 0 aliphatic heterocycles. The fourth-order valence-electron chi connectivity index (χ4n) is 0.698. The molecule has 0 fully saturated rings. The van der Waals surface area contributed by atoms with Crippen molar-refractivity contribution in [2.75, 3.05) is 7.11 Å². The average molecular weight is 169 g/mol. The van der Waals surface area contributed by atoms with Crippen molar-refractivity contribution in [3.63, 3.8) is 0 Å². The molecular formula is C7H5ClN2O. The van der Waals surface area contributed by atoms with Gasteiger partial charge in [0.15, 0.2) is 11.4 Å². The van der Waals surface area contributed by atoms with Crippen molar-refractivity contribution in [2.24, 2.45) is 0 Å². The van der Waals surface area contributed by atoms with Crippen LogP contribution in [-0.4, -0.2) is 12.1 Å². The predicted octanol–water partition coefficient (Wildman–Crippen LogP) is 1.62. The van der Waals surface area contributed by atoms with Crippen molar-refractivity contribution in [1.82, 2.24) is 4.98 Å². The molecule has 0 aliphatic rings. The number of hydrogen-bond acceptors (Lipinski definition) is 3. The summed E-state index contributed by atoms with van der Waals surface area (Å²) < 4.78 is 4.85. The van der Waals surface area contributed by atoms with Gasteiger partial charge in [-0.2, -0.15) is 5.26 Å². The van der Waals surface area contributed by atoms with E-state index in [-0.39, 0.29) is 5.69 Å². The van der Waals surface area contributed by atoms with Crippen LogP contribution in [0.5, 0.6) is 5.75 Å². The summed E-state index contributed by atoms with van der Waals surface area (Å²) in [6.45, 7) is 0. The maximum Gasteiger partial charge on any atom is 0.184 e. The van der Waals surface area contributed by atoms with Crippen LogP contribution in [0.15, 0.2) is 12.3 Å². The Balaban J connectivity index is 3.27. The van der Waals surface area contributed by atoms with Crippen molar-refractivity contribution in [3.05, 3.63) is 23.0 Å². The summed E-state index contributed by atoms with van der Waals surface area (Å²) in [5, 5.41) is 8.92. The first-order chi connectivity index (χ1) is 5.29. The van der Waals surface area contributed by atoms with Crippen LogP contribution in [0.1, 0.15) is 5.69 Å². The SMILES string of the molecule is COc1c(Cl)ccnc1C#N. The molecular weight excluding hydrogens is 164 g/mol. The van der Waals surface area contributed by atoms with Crippen LogP contribution in [0.4, 0.5) is 0 Å². The number of hydrogen-bond donors (Lipinski definition) is 0. The average Bonchev–Trinajstić information content (AvgIpc) is 2.04. The third-order valence-electron chi connectivity index (χ3n) is 1.17. The first kappa shape index (κ1) is 7.83. The lowest BCUT2D eigenvalue weighted by Gasteiger charge is -2.01. The van der Waals surface area contributed by atoms with Crippen LogP contribution in [0.25, 0.3) is 0 Å². The molecule has 0 N–H and O–H groups in total. The highest BCUT2D eigenvalue weighted by molar-refractivity contribution is 6.32. The van der Waals surface area contributed by atoms with E-state index in [1.54, 1.807) is 6.07 Å². The molecule has 0 amide bonds. The van der Waals surface area contributed by atoms with Gasteiger partial charge in [-0.25, -0.2) is 4.98 Å². The maximum absolute atomic E-state index is 8.52. The lowest BCUT2D eigenvalue weighted by atomic mass is 10.3. The van der Waals surface area contributed by atoms with Crippen molar-refractivity contribution >= 4 is 11.6 Å². The highest BCUT2D eigenvalue weighted by Crippen LogP contribution is 2.25. The fourth-order valence-corrected chi connectivity index (χ4v) is 0.921. The number of methoxy groups -OCH3 is 1. The van der Waals surface area contributed by atoms with E-state index in [1.165, 1.54) is 13.3 Å². The summed E-state index contributed by atoms with van der Waals surface area (Å²) in [6, 6.07) is 3.44. The summed E-state index contributed by atoms with van der Waals surface area (Å²) in [6.07, 6.45) is 1.46. The van der Waals surface area contributed by atoms with E-state index >= 15 is 0 Å². The Labute approximate surface area is 69.2 Å². The van der Waals surface area contributed by atoms with Gasteiger partial charge in [-0.3, -0.25) is 0 Å². The molecule has 0 spiro atoms. The molecule has 0 saturated carbocycles. The largest absolute Gasteiger partial charge is 0.492 e. The molecule has 0 saturated heterocycles. The lowest BCUT2D eigenvalue weighted by molar-refractivity contribution is 0.411. The van der Waals surface area contributed by atoms with Gasteiger partial charge in [-0.15, -0.1) is 0 Å². The zero-order valence-corrected chi connectivity index (χ0v) is 6.59. The van der Waals surface area contributed by atoms with Crippen molar-refractivity contribution in [1.29, 1.82) is 5.26 Å². The van der Waals surface area contributed by atoms with Gasteiger partial charge < -0.3 is 4.74 Å². The van der Waals surface area contributed by atoms with Gasteiger partial charge in [0, 0.05) is 6.20 Å². The molecule has 11 heavy (non-hydrogen) atoms. The van der Waals surface area contributed by atoms with Gasteiger partial charge in [0.1, 0.15) is 6.07 Å². The minimum Gasteiger partial charge on any atom is -0.492 e. The molecule has 1 aromatic rings. The number of nitriles is 1. The standard InChI is InChI=1S/C7H5ClN2O/c1-11-7-5(8)2-3-10-6(7)4-9/h2-3H,1H3. The van der Waals surface area contributed by atoms with Crippen LogP contribution < -0.4 is 4.74 Å². The summed E-state index contributed by atoms with van der Waals surface area (Å²) in [4.78, 5) is 3.76. The first-order valence-electron chi connectivity index (χ1n) is 2.88. The molecule has 0 atom stereocenters. The second kappa shape index (κ2) is 3.22. The van der Waals surface area contributed by atoms with Gasteiger partial charge in [0.25, 0.3) is 0 Å². The third kappa shape index (κ3) is 1.41. The Morgan fingerprint density at radius 3 is 2.91 bits per heavy atom. The number of nitrogens with zero attached hydrogens (tertiary/aromatic N) is 2. The van der Waals surface area contributed by atoms with Gasteiger partial charge in [-0.1, -0.05) is 11.6 Å². The number of ether oxygens (including phenoxy) is 1. The molecule has 1 rings (SSSR count). The monoisotopic (exact) mass is 168 g/mol. The second-order valence-electron chi connectivity index (χ2n) is 1.79. The molecule has 1 aromatic heterocycles. The smallest absolute Gasteiger partial charge is 0.184 e. The lowest BCUT2D eigenvalue weighted by Crippen LogP contribution is -1.91. The summed E-state index contributed by atoms with van der Waals surface area (Å²) in [7, 11) is 1.45. The van der Waals surface area contributed by atoms with Gasteiger partial charge in [0.05, 0.1) is 12.1 Å².